The Morgan fingerprint density at radius 1 is 1.26 bits per heavy atom. The van der Waals surface area contributed by atoms with Gasteiger partial charge in [0.05, 0.1) is 11.6 Å². The minimum absolute atomic E-state index is 0.188. The first kappa shape index (κ1) is 13.3. The van der Waals surface area contributed by atoms with Crippen molar-refractivity contribution in [3.8, 4) is 6.07 Å². The Kier molecular flexibility index (Phi) is 4.35. The van der Waals surface area contributed by atoms with Crippen molar-refractivity contribution in [2.24, 2.45) is 0 Å². The van der Waals surface area contributed by atoms with Gasteiger partial charge in [0.15, 0.2) is 0 Å². The third-order valence-electron chi connectivity index (χ3n) is 3.23. The molecule has 0 bridgehead atoms. The maximum atomic E-state index is 13.2. The topological polar surface area (TPSA) is 64.9 Å². The van der Waals surface area contributed by atoms with E-state index in [0.29, 0.717) is 5.69 Å². The molecule has 0 spiro atoms. The molecule has 2 N–H and O–H groups in total. The molecule has 0 saturated heterocycles. The number of carbonyl (C=O) groups excluding carboxylic acids is 1. The number of anilines is 1. The molecular formula is C14H16FN3O. The number of benzene rings is 1. The van der Waals surface area contributed by atoms with Gasteiger partial charge in [-0.3, -0.25) is 0 Å². The Hall–Kier alpha value is -2.09. The average Bonchev–Trinajstić information content (AvgIpc) is 2.38. The first-order valence-electron chi connectivity index (χ1n) is 6.45. The van der Waals surface area contributed by atoms with Crippen LogP contribution in [0.3, 0.4) is 0 Å². The normalized spacial score (nSPS) is 15.6. The van der Waals surface area contributed by atoms with Crippen LogP contribution in [-0.2, 0) is 0 Å². The minimum Gasteiger partial charge on any atom is -0.335 e. The lowest BCUT2D eigenvalue weighted by Crippen LogP contribution is -2.39. The van der Waals surface area contributed by atoms with Crippen LogP contribution in [0.4, 0.5) is 14.9 Å². The van der Waals surface area contributed by atoms with Gasteiger partial charge < -0.3 is 10.6 Å². The molecule has 1 aliphatic rings. The van der Waals surface area contributed by atoms with E-state index in [-0.39, 0.29) is 17.6 Å². The summed E-state index contributed by atoms with van der Waals surface area (Å²) >= 11 is 0. The predicted octanol–water partition coefficient (Wildman–Crippen LogP) is 3.15. The molecule has 0 aliphatic heterocycles. The van der Waals surface area contributed by atoms with Crippen LogP contribution in [0.15, 0.2) is 18.2 Å². The maximum Gasteiger partial charge on any atom is 0.319 e. The quantitative estimate of drug-likeness (QED) is 0.858. The fraction of sp³-hybridized carbons (Fsp3) is 0.429. The van der Waals surface area contributed by atoms with Gasteiger partial charge in [-0.15, -0.1) is 0 Å². The van der Waals surface area contributed by atoms with Gasteiger partial charge in [0, 0.05) is 11.7 Å². The fourth-order valence-electron chi connectivity index (χ4n) is 2.33. The molecule has 0 unspecified atom stereocenters. The molecule has 2 amide bonds. The van der Waals surface area contributed by atoms with Gasteiger partial charge in [0.2, 0.25) is 0 Å². The van der Waals surface area contributed by atoms with Crippen molar-refractivity contribution in [1.82, 2.24) is 5.32 Å². The summed E-state index contributed by atoms with van der Waals surface area (Å²) in [6, 6.07) is 5.47. The van der Waals surface area contributed by atoms with E-state index < -0.39 is 5.82 Å². The average molecular weight is 261 g/mol. The van der Waals surface area contributed by atoms with Gasteiger partial charge in [-0.05, 0) is 31.0 Å². The van der Waals surface area contributed by atoms with E-state index in [4.69, 9.17) is 5.26 Å². The molecule has 1 aromatic rings. The van der Waals surface area contributed by atoms with E-state index in [1.807, 2.05) is 6.07 Å². The van der Waals surface area contributed by atoms with Crippen LogP contribution in [0.1, 0.15) is 37.7 Å². The van der Waals surface area contributed by atoms with E-state index in [1.54, 1.807) is 0 Å². The van der Waals surface area contributed by atoms with E-state index >= 15 is 0 Å². The number of halogens is 1. The molecule has 1 aromatic carbocycles. The monoisotopic (exact) mass is 261 g/mol. The van der Waals surface area contributed by atoms with Crippen LogP contribution in [-0.4, -0.2) is 12.1 Å². The third-order valence-corrected chi connectivity index (χ3v) is 3.23. The van der Waals surface area contributed by atoms with Crippen molar-refractivity contribution in [2.45, 2.75) is 38.1 Å². The molecule has 2 rings (SSSR count). The molecule has 4 nitrogen and oxygen atoms in total. The number of urea groups is 1. The number of carbonyl (C=O) groups is 1. The van der Waals surface area contributed by atoms with Crippen LogP contribution in [0.5, 0.6) is 0 Å². The van der Waals surface area contributed by atoms with Crippen LogP contribution in [0, 0.1) is 17.1 Å². The molecule has 1 saturated carbocycles. The summed E-state index contributed by atoms with van der Waals surface area (Å²) in [7, 11) is 0. The standard InChI is InChI=1S/C14H16FN3O/c15-11-6-10(9-16)7-13(8-11)18-14(19)17-12-4-2-1-3-5-12/h6-8,12H,1-5H2,(H2,17,18,19). The summed E-state index contributed by atoms with van der Waals surface area (Å²) in [5.74, 6) is -0.535. The Morgan fingerprint density at radius 2 is 2.00 bits per heavy atom. The number of amides is 2. The van der Waals surface area contributed by atoms with Crippen molar-refractivity contribution >= 4 is 11.7 Å². The molecule has 0 atom stereocenters. The van der Waals surface area contributed by atoms with E-state index in [0.717, 1.165) is 31.7 Å². The lowest BCUT2D eigenvalue weighted by atomic mass is 9.96. The van der Waals surface area contributed by atoms with Crippen molar-refractivity contribution in [2.75, 3.05) is 5.32 Å². The Bertz CT molecular complexity index is 504. The van der Waals surface area contributed by atoms with Gasteiger partial charge in [-0.25, -0.2) is 9.18 Å². The third kappa shape index (κ3) is 3.95. The second-order valence-corrected chi connectivity index (χ2v) is 4.77. The highest BCUT2D eigenvalue weighted by molar-refractivity contribution is 5.89. The summed E-state index contributed by atoms with van der Waals surface area (Å²) in [4.78, 5) is 11.8. The Balaban J connectivity index is 1.94. The van der Waals surface area contributed by atoms with E-state index in [2.05, 4.69) is 10.6 Å². The smallest absolute Gasteiger partial charge is 0.319 e. The van der Waals surface area contributed by atoms with Crippen molar-refractivity contribution in [3.63, 3.8) is 0 Å². The number of nitriles is 1. The number of hydrogen-bond acceptors (Lipinski definition) is 2. The first-order valence-corrected chi connectivity index (χ1v) is 6.45. The Morgan fingerprint density at radius 3 is 2.68 bits per heavy atom. The number of hydrogen-bond donors (Lipinski definition) is 2. The summed E-state index contributed by atoms with van der Waals surface area (Å²) in [5.41, 5.74) is 0.484. The second kappa shape index (κ2) is 6.19. The second-order valence-electron chi connectivity index (χ2n) is 4.77. The van der Waals surface area contributed by atoms with Crippen LogP contribution < -0.4 is 10.6 Å². The molecule has 5 heteroatoms. The minimum atomic E-state index is -0.535. The zero-order chi connectivity index (χ0) is 13.7. The summed E-state index contributed by atoms with van der Waals surface area (Å²) in [6.07, 6.45) is 5.45. The zero-order valence-electron chi connectivity index (χ0n) is 10.6. The van der Waals surface area contributed by atoms with Crippen LogP contribution in [0.2, 0.25) is 0 Å². The molecule has 0 heterocycles. The molecule has 1 fully saturated rings. The summed E-state index contributed by atoms with van der Waals surface area (Å²) < 4.78 is 13.2. The SMILES string of the molecule is N#Cc1cc(F)cc(NC(=O)NC2CCCCC2)c1. The molecular weight excluding hydrogens is 245 g/mol. The highest BCUT2D eigenvalue weighted by atomic mass is 19.1. The van der Waals surface area contributed by atoms with E-state index in [9.17, 15) is 9.18 Å². The molecule has 1 aliphatic carbocycles. The maximum absolute atomic E-state index is 13.2. The highest BCUT2D eigenvalue weighted by Crippen LogP contribution is 2.18. The molecule has 19 heavy (non-hydrogen) atoms. The van der Waals surface area contributed by atoms with Gasteiger partial charge in [-0.1, -0.05) is 19.3 Å². The van der Waals surface area contributed by atoms with Crippen LogP contribution in [0.25, 0.3) is 0 Å². The van der Waals surface area contributed by atoms with Gasteiger partial charge in [0.25, 0.3) is 0 Å². The van der Waals surface area contributed by atoms with Crippen molar-refractivity contribution in [1.29, 1.82) is 5.26 Å². The summed E-state index contributed by atoms with van der Waals surface area (Å²) in [6.45, 7) is 0. The lowest BCUT2D eigenvalue weighted by molar-refractivity contribution is 0.244. The number of nitrogens with one attached hydrogen (secondary N) is 2. The molecule has 0 aromatic heterocycles. The van der Waals surface area contributed by atoms with Gasteiger partial charge in [-0.2, -0.15) is 5.26 Å². The largest absolute Gasteiger partial charge is 0.335 e. The van der Waals surface area contributed by atoms with Crippen molar-refractivity contribution in [3.05, 3.63) is 29.6 Å². The lowest BCUT2D eigenvalue weighted by Gasteiger charge is -2.22. The zero-order valence-corrected chi connectivity index (χ0v) is 10.6. The predicted molar refractivity (Wildman–Crippen MR) is 70.1 cm³/mol. The summed E-state index contributed by atoms with van der Waals surface area (Å²) in [5, 5.41) is 14.2. The number of rotatable bonds is 2. The van der Waals surface area contributed by atoms with Crippen molar-refractivity contribution < 1.29 is 9.18 Å². The van der Waals surface area contributed by atoms with Gasteiger partial charge >= 0.3 is 6.03 Å². The fourth-order valence-corrected chi connectivity index (χ4v) is 2.33. The molecule has 100 valence electrons. The highest BCUT2D eigenvalue weighted by Gasteiger charge is 2.15. The van der Waals surface area contributed by atoms with Gasteiger partial charge in [0.1, 0.15) is 5.82 Å². The van der Waals surface area contributed by atoms with Crippen LogP contribution >= 0.6 is 0 Å². The van der Waals surface area contributed by atoms with E-state index in [1.165, 1.54) is 18.6 Å². The first-order chi connectivity index (χ1) is 9.17. The number of nitrogens with zero attached hydrogens (tertiary/aromatic N) is 1. The Labute approximate surface area is 111 Å². The molecule has 0 radical (unpaired) electrons.